The molecule has 1 aliphatic heterocycles. The Morgan fingerprint density at radius 1 is 0.939 bits per heavy atom. The monoisotopic (exact) mass is 456 g/mol. The Morgan fingerprint density at radius 3 is 2.15 bits per heavy atom. The predicted octanol–water partition coefficient (Wildman–Crippen LogP) is 3.55. The number of methoxy groups -OCH3 is 4. The van der Waals surface area contributed by atoms with Gasteiger partial charge in [0.15, 0.2) is 23.0 Å². The highest BCUT2D eigenvalue weighted by atomic mass is 16.5. The van der Waals surface area contributed by atoms with Gasteiger partial charge in [0.2, 0.25) is 5.91 Å². The summed E-state index contributed by atoms with van der Waals surface area (Å²) in [7, 11) is 7.87. The summed E-state index contributed by atoms with van der Waals surface area (Å²) in [5.41, 5.74) is 1.78. The van der Waals surface area contributed by atoms with Crippen LogP contribution in [0.1, 0.15) is 53.2 Å². The number of likely N-dealkylation sites (N-methyl/N-ethyl adjacent to an activating group) is 1. The van der Waals surface area contributed by atoms with Crippen molar-refractivity contribution >= 4 is 11.8 Å². The quantitative estimate of drug-likeness (QED) is 0.581. The Labute approximate surface area is 194 Å². The van der Waals surface area contributed by atoms with Crippen molar-refractivity contribution in [2.75, 3.05) is 42.0 Å². The van der Waals surface area contributed by atoms with Crippen molar-refractivity contribution in [2.24, 2.45) is 0 Å². The molecule has 33 heavy (non-hydrogen) atoms. The summed E-state index contributed by atoms with van der Waals surface area (Å²) in [6, 6.07) is 8.27. The Hall–Kier alpha value is -3.42. The molecule has 1 N–H and O–H groups in total. The maximum Gasteiger partial charge on any atom is 0.254 e. The number of benzene rings is 2. The number of rotatable bonds is 9. The van der Waals surface area contributed by atoms with Gasteiger partial charge < -0.3 is 29.2 Å². The molecule has 0 aromatic heterocycles. The molecule has 0 bridgehead atoms. The Kier molecular flexibility index (Phi) is 7.68. The maximum absolute atomic E-state index is 13.5. The summed E-state index contributed by atoms with van der Waals surface area (Å²) in [5.74, 6) is 0.983. The van der Waals surface area contributed by atoms with Crippen molar-refractivity contribution in [1.29, 1.82) is 0 Å². The van der Waals surface area contributed by atoms with Crippen LogP contribution in [0.15, 0.2) is 30.3 Å². The van der Waals surface area contributed by atoms with E-state index in [9.17, 15) is 9.59 Å². The van der Waals surface area contributed by atoms with Gasteiger partial charge in [-0.2, -0.15) is 0 Å². The predicted molar refractivity (Wildman–Crippen MR) is 125 cm³/mol. The van der Waals surface area contributed by atoms with E-state index >= 15 is 0 Å². The minimum atomic E-state index is -0.655. The van der Waals surface area contributed by atoms with Gasteiger partial charge in [-0.05, 0) is 41.8 Å². The molecule has 178 valence electrons. The average molecular weight is 457 g/mol. The standard InChI is InChI=1S/C25H32N2O6/c1-7-8-11-26-24(28)22-16-13-20(32-5)21(33-6)14-17(16)25(29)27(2)23(22)15-9-10-18(30-3)19(12-15)31-4/h9-10,12-14,22-23H,7-8,11H2,1-6H3,(H,26,28)/t22-,23+/m0/s1. The molecule has 0 saturated carbocycles. The number of ether oxygens (including phenoxy) is 4. The second-order valence-corrected chi connectivity index (χ2v) is 7.89. The highest BCUT2D eigenvalue weighted by molar-refractivity contribution is 6.02. The number of hydrogen-bond donors (Lipinski definition) is 1. The summed E-state index contributed by atoms with van der Waals surface area (Å²) in [5, 5.41) is 3.04. The molecule has 0 radical (unpaired) electrons. The molecule has 0 fully saturated rings. The van der Waals surface area contributed by atoms with Gasteiger partial charge in [-0.3, -0.25) is 9.59 Å². The highest BCUT2D eigenvalue weighted by Crippen LogP contribution is 2.46. The fraction of sp³-hybridized carbons (Fsp3) is 0.440. The summed E-state index contributed by atoms with van der Waals surface area (Å²) in [4.78, 5) is 28.5. The van der Waals surface area contributed by atoms with E-state index in [-0.39, 0.29) is 11.8 Å². The number of nitrogens with one attached hydrogen (secondary N) is 1. The van der Waals surface area contributed by atoms with E-state index in [1.165, 1.54) is 14.2 Å². The molecule has 1 heterocycles. The second-order valence-electron chi connectivity index (χ2n) is 7.89. The van der Waals surface area contributed by atoms with Crippen molar-refractivity contribution in [2.45, 2.75) is 31.7 Å². The van der Waals surface area contributed by atoms with Crippen LogP contribution >= 0.6 is 0 Å². The molecule has 2 aromatic rings. The SMILES string of the molecule is CCCCNC(=O)[C@H]1c2cc(OC)c(OC)cc2C(=O)N(C)[C@@H]1c1ccc(OC)c(OC)c1. The van der Waals surface area contributed by atoms with E-state index in [4.69, 9.17) is 18.9 Å². The Bertz CT molecular complexity index is 1020. The zero-order chi connectivity index (χ0) is 24.1. The number of fused-ring (bicyclic) bond motifs is 1. The van der Waals surface area contributed by atoms with Gasteiger partial charge in [0, 0.05) is 19.2 Å². The zero-order valence-corrected chi connectivity index (χ0v) is 20.1. The first kappa shape index (κ1) is 24.2. The molecule has 1 aliphatic rings. The molecule has 2 atom stereocenters. The third-order valence-electron chi connectivity index (χ3n) is 6.04. The van der Waals surface area contributed by atoms with Gasteiger partial charge in [-0.15, -0.1) is 0 Å². The van der Waals surface area contributed by atoms with Gasteiger partial charge >= 0.3 is 0 Å². The summed E-state index contributed by atoms with van der Waals surface area (Å²) < 4.78 is 21.7. The van der Waals surface area contributed by atoms with E-state index in [1.54, 1.807) is 44.4 Å². The van der Waals surface area contributed by atoms with E-state index in [1.807, 2.05) is 12.1 Å². The van der Waals surface area contributed by atoms with Gasteiger partial charge in [0.25, 0.3) is 5.91 Å². The number of carbonyl (C=O) groups is 2. The number of hydrogen-bond acceptors (Lipinski definition) is 6. The van der Waals surface area contributed by atoms with Gasteiger partial charge in [0.05, 0.1) is 40.4 Å². The molecule has 0 unspecified atom stereocenters. The van der Waals surface area contributed by atoms with E-state index in [2.05, 4.69) is 12.2 Å². The minimum Gasteiger partial charge on any atom is -0.493 e. The van der Waals surface area contributed by atoms with E-state index in [0.29, 0.717) is 40.7 Å². The lowest BCUT2D eigenvalue weighted by atomic mass is 9.79. The first-order chi connectivity index (χ1) is 15.9. The van der Waals surface area contributed by atoms with Gasteiger partial charge in [-0.1, -0.05) is 19.4 Å². The largest absolute Gasteiger partial charge is 0.493 e. The van der Waals surface area contributed by atoms with Crippen molar-refractivity contribution in [1.82, 2.24) is 10.2 Å². The van der Waals surface area contributed by atoms with Crippen LogP contribution in [0.3, 0.4) is 0 Å². The first-order valence-corrected chi connectivity index (χ1v) is 10.9. The molecule has 8 heteroatoms. The number of carbonyl (C=O) groups excluding carboxylic acids is 2. The molecular weight excluding hydrogens is 424 g/mol. The summed E-state index contributed by atoms with van der Waals surface area (Å²) in [6.45, 7) is 2.63. The number of unbranched alkanes of at least 4 members (excludes halogenated alkanes) is 1. The second kappa shape index (κ2) is 10.5. The highest BCUT2D eigenvalue weighted by Gasteiger charge is 2.43. The van der Waals surface area contributed by atoms with Crippen LogP contribution < -0.4 is 24.3 Å². The summed E-state index contributed by atoms with van der Waals surface area (Å²) >= 11 is 0. The van der Waals surface area contributed by atoms with Crippen molar-refractivity contribution in [3.63, 3.8) is 0 Å². The fourth-order valence-corrected chi connectivity index (χ4v) is 4.28. The number of nitrogens with zero attached hydrogens (tertiary/aromatic N) is 1. The minimum absolute atomic E-state index is 0.156. The van der Waals surface area contributed by atoms with E-state index < -0.39 is 12.0 Å². The van der Waals surface area contributed by atoms with E-state index in [0.717, 1.165) is 18.4 Å². The van der Waals surface area contributed by atoms with Crippen molar-refractivity contribution in [3.05, 3.63) is 47.0 Å². The molecule has 8 nitrogen and oxygen atoms in total. The molecule has 0 aliphatic carbocycles. The average Bonchev–Trinajstić information content (AvgIpc) is 2.84. The lowest BCUT2D eigenvalue weighted by Gasteiger charge is -2.40. The molecule has 3 rings (SSSR count). The third-order valence-corrected chi connectivity index (χ3v) is 6.04. The van der Waals surface area contributed by atoms with Gasteiger partial charge in [0.1, 0.15) is 0 Å². The van der Waals surface area contributed by atoms with Crippen molar-refractivity contribution < 1.29 is 28.5 Å². The lowest BCUT2D eigenvalue weighted by molar-refractivity contribution is -0.124. The molecule has 2 amide bonds. The van der Waals surface area contributed by atoms with Crippen LogP contribution in [0.4, 0.5) is 0 Å². The van der Waals surface area contributed by atoms with Crippen LogP contribution in [0.5, 0.6) is 23.0 Å². The normalized spacial score (nSPS) is 17.3. The Morgan fingerprint density at radius 2 is 1.55 bits per heavy atom. The Balaban J connectivity index is 2.19. The van der Waals surface area contributed by atoms with Crippen LogP contribution in [-0.4, -0.2) is 58.7 Å². The molecule has 0 saturated heterocycles. The van der Waals surface area contributed by atoms with Crippen LogP contribution in [0, 0.1) is 0 Å². The smallest absolute Gasteiger partial charge is 0.254 e. The van der Waals surface area contributed by atoms with Crippen molar-refractivity contribution in [3.8, 4) is 23.0 Å². The zero-order valence-electron chi connectivity index (χ0n) is 20.1. The van der Waals surface area contributed by atoms with Crippen LogP contribution in [-0.2, 0) is 4.79 Å². The van der Waals surface area contributed by atoms with Gasteiger partial charge in [-0.25, -0.2) is 0 Å². The van der Waals surface area contributed by atoms with Crippen LogP contribution in [0.2, 0.25) is 0 Å². The molecule has 0 spiro atoms. The summed E-state index contributed by atoms with van der Waals surface area (Å²) in [6.07, 6.45) is 1.83. The van der Waals surface area contributed by atoms with Crippen LogP contribution in [0.25, 0.3) is 0 Å². The lowest BCUT2D eigenvalue weighted by Crippen LogP contribution is -2.45. The fourth-order valence-electron chi connectivity index (χ4n) is 4.28. The first-order valence-electron chi connectivity index (χ1n) is 10.9. The third kappa shape index (κ3) is 4.55. The molecule has 2 aromatic carbocycles. The topological polar surface area (TPSA) is 86.3 Å². The number of amides is 2. The molecular formula is C25H32N2O6. The maximum atomic E-state index is 13.5.